The second-order valence-electron chi connectivity index (χ2n) is 11.3. The molecule has 1 aliphatic heterocycles. The Bertz CT molecular complexity index is 1320. The van der Waals surface area contributed by atoms with Crippen LogP contribution in [0.15, 0.2) is 77.6 Å². The summed E-state index contributed by atoms with van der Waals surface area (Å²) in [6.45, 7) is 7.11. The first-order chi connectivity index (χ1) is 19.9. The van der Waals surface area contributed by atoms with Gasteiger partial charge in [-0.15, -0.1) is 0 Å². The summed E-state index contributed by atoms with van der Waals surface area (Å²) < 4.78 is 3.97. The minimum atomic E-state index is -1.16. The van der Waals surface area contributed by atoms with Gasteiger partial charge in [0.05, 0.1) is 7.11 Å². The molecule has 1 aliphatic rings. The average Bonchev–Trinajstić information content (AvgIpc) is 3.39. The van der Waals surface area contributed by atoms with Gasteiger partial charge in [-0.3, -0.25) is 14.4 Å². The second-order valence-corrected chi connectivity index (χ2v) is 11.3. The average molecular weight is 579 g/mol. The van der Waals surface area contributed by atoms with Gasteiger partial charge >= 0.3 is 12.0 Å². The Morgan fingerprint density at radius 2 is 1.48 bits per heavy atom. The van der Waals surface area contributed by atoms with Crippen molar-refractivity contribution in [2.45, 2.75) is 65.1 Å². The molecule has 224 valence electrons. The number of carbonyl (C=O) groups is 4. The van der Waals surface area contributed by atoms with E-state index in [1.807, 2.05) is 60.7 Å². The number of rotatable bonds is 11. The van der Waals surface area contributed by atoms with Gasteiger partial charge in [0.2, 0.25) is 18.2 Å². The van der Waals surface area contributed by atoms with E-state index < -0.39 is 40.1 Å². The fourth-order valence-corrected chi connectivity index (χ4v) is 4.44. The largest absolute Gasteiger partial charge is 0.534 e. The van der Waals surface area contributed by atoms with Gasteiger partial charge in [0.1, 0.15) is 17.9 Å². The summed E-state index contributed by atoms with van der Waals surface area (Å²) in [5.74, 6) is 4.19. The van der Waals surface area contributed by atoms with Crippen LogP contribution in [0.3, 0.4) is 0 Å². The Hall–Kier alpha value is -4.19. The second kappa shape index (κ2) is 14.1. The fourth-order valence-electron chi connectivity index (χ4n) is 4.44. The molecule has 11 heteroatoms. The molecule has 42 heavy (non-hydrogen) atoms. The number of nitrogens with two attached hydrogens (primary N) is 1. The van der Waals surface area contributed by atoms with Crippen LogP contribution in [0.1, 0.15) is 45.2 Å². The van der Waals surface area contributed by atoms with Crippen LogP contribution < -0.4 is 16.5 Å². The topological polar surface area (TPSA) is 149 Å². The van der Waals surface area contributed by atoms with Crippen LogP contribution in [-0.4, -0.2) is 59.9 Å². The molecule has 0 radical (unpaired) electrons. The van der Waals surface area contributed by atoms with E-state index in [1.165, 1.54) is 19.6 Å². The van der Waals surface area contributed by atoms with Crippen LogP contribution in [-0.2, 0) is 36.8 Å². The number of aliphatic imine (C=N–C) groups is 1. The Morgan fingerprint density at radius 3 is 2.00 bits per heavy atom. The van der Waals surface area contributed by atoms with Gasteiger partial charge in [0.15, 0.2) is 6.10 Å². The van der Waals surface area contributed by atoms with E-state index in [0.29, 0.717) is 12.1 Å². The summed E-state index contributed by atoms with van der Waals surface area (Å²) >= 11 is 0. The Kier molecular flexibility index (Phi) is 10.9. The summed E-state index contributed by atoms with van der Waals surface area (Å²) in [7, 11) is 1.17. The molecule has 2 aromatic carbocycles. The molecule has 2 aromatic rings. The fraction of sp³-hybridized carbons (Fsp3) is 0.387. The molecule has 11 nitrogen and oxygen atoms in total. The van der Waals surface area contributed by atoms with Gasteiger partial charge in [-0.05, 0) is 18.1 Å². The number of nitrogens with one attached hydrogen (secondary N) is 2. The first-order valence-corrected chi connectivity index (χ1v) is 13.7. The number of methoxy groups -OCH3 is 1. The third kappa shape index (κ3) is 8.19. The quantitative estimate of drug-likeness (QED) is 0.274. The molecule has 1 heterocycles. The molecule has 0 fully saturated rings. The Balaban J connectivity index is 1.75. The molecule has 2 unspecified atom stereocenters. The molecule has 0 saturated carbocycles. The van der Waals surface area contributed by atoms with Crippen LogP contribution in [0, 0.1) is 5.41 Å². The van der Waals surface area contributed by atoms with Crippen molar-refractivity contribution in [1.82, 2.24) is 10.6 Å². The molecule has 3 rings (SSSR count). The number of hydrogen-bond acceptors (Lipinski definition) is 8. The summed E-state index contributed by atoms with van der Waals surface area (Å²) in [4.78, 5) is 61.9. The van der Waals surface area contributed by atoms with Crippen molar-refractivity contribution in [1.29, 1.82) is 0 Å². The first-order valence-electron chi connectivity index (χ1n) is 13.7. The molecule has 0 spiro atoms. The lowest BCUT2D eigenvalue weighted by Gasteiger charge is -2.25. The first kappa shape index (κ1) is 32.3. The zero-order chi connectivity index (χ0) is 30.9. The van der Waals surface area contributed by atoms with Gasteiger partial charge in [-0.25, -0.2) is 15.7 Å². The number of quaternary nitrogens is 1. The Labute approximate surface area is 246 Å². The van der Waals surface area contributed by atoms with E-state index in [0.717, 1.165) is 11.1 Å². The van der Waals surface area contributed by atoms with E-state index in [4.69, 9.17) is 15.5 Å². The summed E-state index contributed by atoms with van der Waals surface area (Å²) in [5.41, 5.74) is 1.39. The predicted molar refractivity (Wildman–Crippen MR) is 157 cm³/mol. The molecule has 4 atom stereocenters. The van der Waals surface area contributed by atoms with E-state index in [2.05, 4.69) is 15.6 Å². The predicted octanol–water partition coefficient (Wildman–Crippen LogP) is 3.15. The number of ether oxygens (including phenoxy) is 1. The van der Waals surface area contributed by atoms with E-state index in [1.54, 1.807) is 27.7 Å². The van der Waals surface area contributed by atoms with Crippen LogP contribution in [0.25, 0.3) is 0 Å². The lowest BCUT2D eigenvalue weighted by atomic mass is 9.94. The highest BCUT2D eigenvalue weighted by Gasteiger charge is 2.51. The molecule has 0 bridgehead atoms. The lowest BCUT2D eigenvalue weighted by Crippen LogP contribution is -2.56. The van der Waals surface area contributed by atoms with Gasteiger partial charge < -0.3 is 15.4 Å². The van der Waals surface area contributed by atoms with Crippen molar-refractivity contribution in [3.8, 4) is 0 Å². The molecular weight excluding hydrogens is 538 g/mol. The molecule has 0 aromatic heterocycles. The van der Waals surface area contributed by atoms with Crippen molar-refractivity contribution in [3.63, 3.8) is 0 Å². The number of hydrogen-bond donors (Lipinski definition) is 3. The standard InChI is InChI=1S/C31H39N5O6/c1-21(34-27(37)25(35-29(39)31(2,3)4)17-22-12-8-6-9-13-22)16-24-19-36(20-33-24,30(40)41-5)28(38)26(42-32)18-23-14-10-7-11-15-23/h6-15,19-21,25-26H,16-18,32H2,1-5H3,(H-,34,35,37,39)/p+1/t21-,25+,26?,36?/m1/s1. The molecule has 0 saturated heterocycles. The number of carbonyl (C=O) groups excluding carboxylic acids is 4. The number of amides is 4. The maximum atomic E-state index is 13.6. The van der Waals surface area contributed by atoms with Crippen molar-refractivity contribution in [2.75, 3.05) is 7.11 Å². The van der Waals surface area contributed by atoms with Crippen molar-refractivity contribution >= 4 is 30.2 Å². The Morgan fingerprint density at radius 1 is 0.905 bits per heavy atom. The monoisotopic (exact) mass is 578 g/mol. The maximum Gasteiger partial charge on any atom is 0.534 e. The zero-order valence-corrected chi connectivity index (χ0v) is 24.7. The lowest BCUT2D eigenvalue weighted by molar-refractivity contribution is -0.622. The van der Waals surface area contributed by atoms with E-state index >= 15 is 0 Å². The normalized spacial score (nSPS) is 18.4. The third-order valence-corrected chi connectivity index (χ3v) is 6.79. The van der Waals surface area contributed by atoms with Gasteiger partial charge in [0.25, 0.3) is 0 Å². The van der Waals surface area contributed by atoms with E-state index in [-0.39, 0.29) is 24.7 Å². The number of imide groups is 1. The van der Waals surface area contributed by atoms with Crippen molar-refractivity contribution < 1.29 is 33.2 Å². The summed E-state index contributed by atoms with van der Waals surface area (Å²) in [5, 5.41) is 5.79. The molecule has 4 amide bonds. The smallest absolute Gasteiger partial charge is 0.422 e. The van der Waals surface area contributed by atoms with Crippen molar-refractivity contribution in [3.05, 3.63) is 83.7 Å². The van der Waals surface area contributed by atoms with Crippen LogP contribution in [0.2, 0.25) is 0 Å². The third-order valence-electron chi connectivity index (χ3n) is 6.79. The van der Waals surface area contributed by atoms with E-state index in [9.17, 15) is 19.2 Å². The number of nitrogens with zero attached hydrogens (tertiary/aromatic N) is 2. The van der Waals surface area contributed by atoms with Gasteiger partial charge in [-0.1, -0.05) is 85.9 Å². The number of benzene rings is 2. The van der Waals surface area contributed by atoms with Gasteiger partial charge in [-0.2, -0.15) is 4.79 Å². The van der Waals surface area contributed by atoms with Crippen LogP contribution in [0.4, 0.5) is 4.79 Å². The maximum absolute atomic E-state index is 13.6. The molecule has 0 aliphatic carbocycles. The molecular formula is C31H40N5O6+. The zero-order valence-electron chi connectivity index (χ0n) is 24.7. The summed E-state index contributed by atoms with van der Waals surface area (Å²) in [6.07, 6.45) is 1.16. The SMILES string of the molecule is COC(=O)[N+]1(C(=O)C(Cc2ccccc2)ON)C=NC(C[C@@H](C)NC(=O)[C@H](Cc2ccccc2)NC(=O)C(C)(C)C)=C1. The molecule has 4 N–H and O–H groups in total. The van der Waals surface area contributed by atoms with Crippen LogP contribution in [0.5, 0.6) is 0 Å². The minimum absolute atomic E-state index is 0.139. The van der Waals surface area contributed by atoms with Crippen molar-refractivity contribution in [2.24, 2.45) is 16.3 Å². The van der Waals surface area contributed by atoms with Gasteiger partial charge in [0, 0.05) is 30.7 Å². The summed E-state index contributed by atoms with van der Waals surface area (Å²) in [6, 6.07) is 17.3. The highest BCUT2D eigenvalue weighted by atomic mass is 16.6. The highest BCUT2D eigenvalue weighted by molar-refractivity contribution is 5.94. The highest BCUT2D eigenvalue weighted by Crippen LogP contribution is 2.25. The minimum Gasteiger partial charge on any atom is -0.422 e. The van der Waals surface area contributed by atoms with Crippen LogP contribution >= 0.6 is 0 Å².